The molecule has 38 heavy (non-hydrogen) atoms. The number of ether oxygens (including phenoxy) is 3. The molecule has 13 heteroatoms. The van der Waals surface area contributed by atoms with Crippen molar-refractivity contribution < 1.29 is 28.6 Å². The van der Waals surface area contributed by atoms with Crippen LogP contribution in [0.25, 0.3) is 0 Å². The molecule has 1 N–H and O–H groups in total. The third kappa shape index (κ3) is 6.27. The molecule has 12 nitrogen and oxygen atoms in total. The predicted octanol–water partition coefficient (Wildman–Crippen LogP) is 2.06. The summed E-state index contributed by atoms with van der Waals surface area (Å²) in [5, 5.41) is 5.08. The van der Waals surface area contributed by atoms with Crippen molar-refractivity contribution in [1.29, 1.82) is 0 Å². The summed E-state index contributed by atoms with van der Waals surface area (Å²) in [5.74, 6) is 1.60. The standard InChI is InChI=1S/C25H32N6O6S/c1-2-35-25(34)31-11-9-30(10-12-31)24(33)27-23-26-19(16-38-23)14-22(32)29-7-5-28(6-8-29)15-18-3-4-20-21(13-18)37-17-36-20/h3-4,13,16H,2,5-12,14-15,17H2,1H3,(H,26,27,33). The molecule has 1 aromatic carbocycles. The lowest BCUT2D eigenvalue weighted by Gasteiger charge is -2.34. The summed E-state index contributed by atoms with van der Waals surface area (Å²) >= 11 is 1.30. The number of hydrogen-bond acceptors (Lipinski definition) is 9. The number of piperazine rings is 2. The van der Waals surface area contributed by atoms with Crippen molar-refractivity contribution in [3.8, 4) is 11.5 Å². The minimum Gasteiger partial charge on any atom is -0.454 e. The molecular weight excluding hydrogens is 512 g/mol. The fourth-order valence-electron chi connectivity index (χ4n) is 4.64. The normalized spacial score (nSPS) is 17.4. The molecule has 0 radical (unpaired) electrons. The Morgan fingerprint density at radius 2 is 1.68 bits per heavy atom. The Labute approximate surface area is 225 Å². The largest absolute Gasteiger partial charge is 0.454 e. The second-order valence-electron chi connectivity index (χ2n) is 9.27. The fourth-order valence-corrected chi connectivity index (χ4v) is 5.34. The number of fused-ring (bicyclic) bond motifs is 1. The number of carbonyl (C=O) groups excluding carboxylic acids is 3. The topological polar surface area (TPSA) is 117 Å². The molecule has 0 unspecified atom stereocenters. The highest BCUT2D eigenvalue weighted by Gasteiger charge is 2.26. The van der Waals surface area contributed by atoms with Gasteiger partial charge in [-0.2, -0.15) is 0 Å². The van der Waals surface area contributed by atoms with Crippen LogP contribution in [-0.4, -0.2) is 108 Å². The Morgan fingerprint density at radius 1 is 0.974 bits per heavy atom. The summed E-state index contributed by atoms with van der Waals surface area (Å²) in [5.41, 5.74) is 1.80. The highest BCUT2D eigenvalue weighted by atomic mass is 32.1. The van der Waals surface area contributed by atoms with Gasteiger partial charge in [0.05, 0.1) is 18.7 Å². The predicted molar refractivity (Wildman–Crippen MR) is 139 cm³/mol. The zero-order valence-electron chi connectivity index (χ0n) is 21.4. The lowest BCUT2D eigenvalue weighted by molar-refractivity contribution is -0.132. The molecule has 4 amide bonds. The quantitative estimate of drug-likeness (QED) is 0.588. The van der Waals surface area contributed by atoms with E-state index in [1.165, 1.54) is 11.3 Å². The summed E-state index contributed by atoms with van der Waals surface area (Å²) in [6, 6.07) is 5.74. The van der Waals surface area contributed by atoms with Crippen molar-refractivity contribution in [2.24, 2.45) is 0 Å². The van der Waals surface area contributed by atoms with Crippen LogP contribution in [0, 0.1) is 0 Å². The number of carbonyl (C=O) groups is 3. The number of hydrogen-bond donors (Lipinski definition) is 1. The number of aromatic nitrogens is 1. The molecule has 2 fully saturated rings. The summed E-state index contributed by atoms with van der Waals surface area (Å²) in [4.78, 5) is 49.2. The number of rotatable bonds is 6. The van der Waals surface area contributed by atoms with E-state index < -0.39 is 0 Å². The van der Waals surface area contributed by atoms with Gasteiger partial charge in [-0.05, 0) is 24.6 Å². The van der Waals surface area contributed by atoms with Crippen LogP contribution >= 0.6 is 11.3 Å². The van der Waals surface area contributed by atoms with Crippen molar-refractivity contribution in [3.63, 3.8) is 0 Å². The average molecular weight is 545 g/mol. The maximum Gasteiger partial charge on any atom is 0.409 e. The number of nitrogens with zero attached hydrogens (tertiary/aromatic N) is 5. The van der Waals surface area contributed by atoms with Gasteiger partial charge in [0.15, 0.2) is 16.6 Å². The third-order valence-electron chi connectivity index (χ3n) is 6.76. The molecule has 204 valence electrons. The first-order chi connectivity index (χ1) is 18.5. The number of amides is 4. The average Bonchev–Trinajstić information content (AvgIpc) is 3.58. The van der Waals surface area contributed by atoms with Crippen molar-refractivity contribution in [3.05, 3.63) is 34.8 Å². The number of benzene rings is 1. The minimum atomic E-state index is -0.354. The van der Waals surface area contributed by atoms with Crippen LogP contribution in [0.4, 0.5) is 14.7 Å². The first kappa shape index (κ1) is 26.0. The van der Waals surface area contributed by atoms with Crippen molar-refractivity contribution in [1.82, 2.24) is 24.6 Å². The van der Waals surface area contributed by atoms with Crippen molar-refractivity contribution >= 4 is 34.5 Å². The van der Waals surface area contributed by atoms with Gasteiger partial charge >= 0.3 is 12.1 Å². The first-order valence-corrected chi connectivity index (χ1v) is 13.7. The summed E-state index contributed by atoms with van der Waals surface area (Å²) in [7, 11) is 0. The maximum absolute atomic E-state index is 12.9. The number of urea groups is 1. The van der Waals surface area contributed by atoms with Gasteiger partial charge in [-0.25, -0.2) is 14.6 Å². The van der Waals surface area contributed by atoms with Crippen LogP contribution in [0.2, 0.25) is 0 Å². The minimum absolute atomic E-state index is 0.0333. The zero-order chi connectivity index (χ0) is 26.5. The van der Waals surface area contributed by atoms with Gasteiger partial charge in [-0.15, -0.1) is 11.3 Å². The second kappa shape index (κ2) is 11.9. The van der Waals surface area contributed by atoms with Crippen LogP contribution in [-0.2, 0) is 22.5 Å². The molecule has 0 spiro atoms. The lowest BCUT2D eigenvalue weighted by Crippen LogP contribution is -2.51. The van der Waals surface area contributed by atoms with Gasteiger partial charge in [0.2, 0.25) is 12.7 Å². The molecular formula is C25H32N6O6S. The smallest absolute Gasteiger partial charge is 0.409 e. The summed E-state index contributed by atoms with van der Waals surface area (Å²) in [6.45, 7) is 7.75. The summed E-state index contributed by atoms with van der Waals surface area (Å²) < 4.78 is 15.9. The highest BCUT2D eigenvalue weighted by molar-refractivity contribution is 7.13. The molecule has 5 rings (SSSR count). The van der Waals surface area contributed by atoms with E-state index in [0.717, 1.165) is 36.7 Å². The first-order valence-electron chi connectivity index (χ1n) is 12.8. The molecule has 4 heterocycles. The van der Waals surface area contributed by atoms with Crippen molar-refractivity contribution in [2.75, 3.05) is 71.1 Å². The molecule has 3 aliphatic rings. The van der Waals surface area contributed by atoms with Crippen LogP contribution in [0.5, 0.6) is 11.5 Å². The molecule has 0 saturated carbocycles. The van der Waals surface area contributed by atoms with Gasteiger partial charge in [-0.1, -0.05) is 6.07 Å². The van der Waals surface area contributed by atoms with Gasteiger partial charge in [0.1, 0.15) is 0 Å². The molecule has 2 saturated heterocycles. The van der Waals surface area contributed by atoms with E-state index >= 15 is 0 Å². The van der Waals surface area contributed by atoms with Crippen LogP contribution in [0.1, 0.15) is 18.2 Å². The number of anilines is 1. The second-order valence-corrected chi connectivity index (χ2v) is 10.1. The molecule has 3 aliphatic heterocycles. The van der Waals surface area contributed by atoms with Gasteiger partial charge < -0.3 is 28.9 Å². The van der Waals surface area contributed by atoms with Gasteiger partial charge in [0.25, 0.3) is 0 Å². The fraction of sp³-hybridized carbons (Fsp3) is 0.520. The molecule has 2 aromatic rings. The zero-order valence-corrected chi connectivity index (χ0v) is 22.2. The van der Waals surface area contributed by atoms with E-state index in [0.29, 0.717) is 56.7 Å². The lowest BCUT2D eigenvalue weighted by atomic mass is 10.1. The van der Waals surface area contributed by atoms with E-state index in [1.54, 1.807) is 16.7 Å². The Balaban J connectivity index is 1.04. The van der Waals surface area contributed by atoms with Crippen LogP contribution < -0.4 is 14.8 Å². The Bertz CT molecular complexity index is 1160. The number of thiazole rings is 1. The monoisotopic (exact) mass is 544 g/mol. The Kier molecular flexibility index (Phi) is 8.13. The van der Waals surface area contributed by atoms with E-state index in [2.05, 4.69) is 15.2 Å². The highest BCUT2D eigenvalue weighted by Crippen LogP contribution is 2.32. The van der Waals surface area contributed by atoms with Gasteiger partial charge in [0, 0.05) is 64.3 Å². The van der Waals surface area contributed by atoms with Crippen LogP contribution in [0.3, 0.4) is 0 Å². The van der Waals surface area contributed by atoms with Crippen molar-refractivity contribution in [2.45, 2.75) is 19.9 Å². The maximum atomic E-state index is 12.9. The number of nitrogens with one attached hydrogen (secondary N) is 1. The SMILES string of the molecule is CCOC(=O)N1CCN(C(=O)Nc2nc(CC(=O)N3CCN(Cc4ccc5c(c4)OCO5)CC3)cs2)CC1. The van der Waals surface area contributed by atoms with E-state index in [4.69, 9.17) is 14.2 Å². The summed E-state index contributed by atoms with van der Waals surface area (Å²) in [6.07, 6.45) is -0.153. The van der Waals surface area contributed by atoms with Crippen LogP contribution in [0.15, 0.2) is 23.6 Å². The molecule has 0 bridgehead atoms. The molecule has 0 atom stereocenters. The Morgan fingerprint density at radius 3 is 2.45 bits per heavy atom. The van der Waals surface area contributed by atoms with E-state index in [9.17, 15) is 14.4 Å². The van der Waals surface area contributed by atoms with E-state index in [1.807, 2.05) is 28.5 Å². The van der Waals surface area contributed by atoms with Gasteiger partial charge in [-0.3, -0.25) is 15.0 Å². The Hall–Kier alpha value is -3.58. The molecule has 1 aromatic heterocycles. The van der Waals surface area contributed by atoms with E-state index in [-0.39, 0.29) is 31.2 Å². The molecule has 0 aliphatic carbocycles. The third-order valence-corrected chi connectivity index (χ3v) is 7.57.